The molecule has 2 aromatic heterocycles. The van der Waals surface area contributed by atoms with Crippen LogP contribution in [0.1, 0.15) is 0 Å². The average molecular weight is 276 g/mol. The summed E-state index contributed by atoms with van der Waals surface area (Å²) >= 11 is 10.7. The molecule has 0 saturated heterocycles. The minimum absolute atomic E-state index is 0.467. The van der Waals surface area contributed by atoms with Crippen molar-refractivity contribution in [2.45, 2.75) is 0 Å². The van der Waals surface area contributed by atoms with Crippen molar-refractivity contribution in [3.63, 3.8) is 0 Å². The Hall–Kier alpha value is -0.450. The van der Waals surface area contributed by atoms with E-state index in [4.69, 9.17) is 11.6 Å². The van der Waals surface area contributed by atoms with Crippen LogP contribution in [0.15, 0.2) is 28.2 Å². The van der Waals surface area contributed by atoms with Crippen LogP contribution in [0.25, 0.3) is 10.7 Å². The summed E-state index contributed by atoms with van der Waals surface area (Å²) in [6.07, 6.45) is 1.65. The van der Waals surface area contributed by atoms with Gasteiger partial charge in [-0.25, -0.2) is 9.97 Å². The highest BCUT2D eigenvalue weighted by Gasteiger charge is 2.03. The first-order chi connectivity index (χ1) is 6.25. The van der Waals surface area contributed by atoms with Crippen molar-refractivity contribution < 1.29 is 0 Å². The van der Waals surface area contributed by atoms with Crippen LogP contribution in [0.2, 0.25) is 5.15 Å². The Morgan fingerprint density at radius 2 is 2.15 bits per heavy atom. The molecule has 0 fully saturated rings. The molecule has 0 N–H and O–H groups in total. The molecule has 0 aromatic carbocycles. The van der Waals surface area contributed by atoms with E-state index in [2.05, 4.69) is 25.9 Å². The zero-order valence-corrected chi connectivity index (χ0v) is 9.53. The highest BCUT2D eigenvalue weighted by molar-refractivity contribution is 9.11. The van der Waals surface area contributed by atoms with Crippen molar-refractivity contribution in [1.29, 1.82) is 0 Å². The van der Waals surface area contributed by atoms with Gasteiger partial charge in [-0.3, -0.25) is 0 Å². The van der Waals surface area contributed by atoms with Crippen molar-refractivity contribution >= 4 is 38.9 Å². The molecule has 0 saturated carbocycles. The number of nitrogens with zero attached hydrogens (tertiary/aromatic N) is 2. The predicted octanol–water partition coefficient (Wildman–Crippen LogP) is 3.62. The lowest BCUT2D eigenvalue weighted by molar-refractivity contribution is 1.19. The first-order valence-corrected chi connectivity index (χ1v) is 5.49. The fraction of sp³-hybridized carbons (Fsp3) is 0. The first-order valence-electron chi connectivity index (χ1n) is 3.50. The highest BCUT2D eigenvalue weighted by atomic mass is 79.9. The molecule has 0 amide bonds. The van der Waals surface area contributed by atoms with E-state index in [0.29, 0.717) is 11.0 Å². The van der Waals surface area contributed by atoms with E-state index in [-0.39, 0.29) is 0 Å². The number of thiophene rings is 1. The SMILES string of the molecule is Clc1ccnc(-c2ccc(Br)s2)n1. The first kappa shape index (κ1) is 9.12. The zero-order chi connectivity index (χ0) is 9.26. The molecule has 66 valence electrons. The Kier molecular flexibility index (Phi) is 2.62. The van der Waals surface area contributed by atoms with Gasteiger partial charge in [0.2, 0.25) is 0 Å². The van der Waals surface area contributed by atoms with Gasteiger partial charge in [0, 0.05) is 6.20 Å². The van der Waals surface area contributed by atoms with E-state index in [1.165, 1.54) is 0 Å². The second-order valence-corrected chi connectivity index (χ2v) is 5.16. The third-order valence-corrected chi connectivity index (χ3v) is 3.25. The third kappa shape index (κ3) is 2.07. The summed E-state index contributed by atoms with van der Waals surface area (Å²) in [5, 5.41) is 0.467. The lowest BCUT2D eigenvalue weighted by atomic mass is 10.4. The van der Waals surface area contributed by atoms with Gasteiger partial charge < -0.3 is 0 Å². The van der Waals surface area contributed by atoms with E-state index in [9.17, 15) is 0 Å². The van der Waals surface area contributed by atoms with Gasteiger partial charge in [-0.05, 0) is 34.1 Å². The van der Waals surface area contributed by atoms with Crippen LogP contribution in [0.5, 0.6) is 0 Å². The number of halogens is 2. The van der Waals surface area contributed by atoms with E-state index < -0.39 is 0 Å². The molecule has 2 nitrogen and oxygen atoms in total. The van der Waals surface area contributed by atoms with Crippen molar-refractivity contribution in [2.75, 3.05) is 0 Å². The average Bonchev–Trinajstić information content (AvgIpc) is 2.52. The summed E-state index contributed by atoms with van der Waals surface area (Å²) in [5.41, 5.74) is 0. The number of rotatable bonds is 1. The summed E-state index contributed by atoms with van der Waals surface area (Å²) in [6.45, 7) is 0. The Morgan fingerprint density at radius 3 is 2.77 bits per heavy atom. The van der Waals surface area contributed by atoms with Crippen molar-refractivity contribution in [3.05, 3.63) is 33.3 Å². The van der Waals surface area contributed by atoms with Gasteiger partial charge in [0.05, 0.1) is 8.66 Å². The lowest BCUT2D eigenvalue weighted by Gasteiger charge is -1.94. The summed E-state index contributed by atoms with van der Waals surface area (Å²) in [4.78, 5) is 9.23. The molecule has 0 radical (unpaired) electrons. The highest BCUT2D eigenvalue weighted by Crippen LogP contribution is 2.29. The molecule has 0 bridgehead atoms. The molecule has 0 aliphatic heterocycles. The van der Waals surface area contributed by atoms with Crippen molar-refractivity contribution in [3.8, 4) is 10.7 Å². The predicted molar refractivity (Wildman–Crippen MR) is 58.1 cm³/mol. The van der Waals surface area contributed by atoms with E-state index in [1.807, 2.05) is 12.1 Å². The van der Waals surface area contributed by atoms with E-state index in [1.54, 1.807) is 23.6 Å². The maximum atomic E-state index is 5.74. The molecule has 13 heavy (non-hydrogen) atoms. The van der Waals surface area contributed by atoms with Crippen LogP contribution in [0.3, 0.4) is 0 Å². The molecular weight excluding hydrogens is 272 g/mol. The fourth-order valence-electron chi connectivity index (χ4n) is 0.890. The maximum absolute atomic E-state index is 5.74. The summed E-state index contributed by atoms with van der Waals surface area (Å²) in [7, 11) is 0. The molecule has 0 unspecified atom stereocenters. The van der Waals surface area contributed by atoms with Gasteiger partial charge in [0.25, 0.3) is 0 Å². The smallest absolute Gasteiger partial charge is 0.170 e. The minimum Gasteiger partial charge on any atom is -0.236 e. The van der Waals surface area contributed by atoms with E-state index in [0.717, 1.165) is 8.66 Å². The lowest BCUT2D eigenvalue weighted by Crippen LogP contribution is -1.84. The van der Waals surface area contributed by atoms with Crippen LogP contribution in [-0.2, 0) is 0 Å². The second-order valence-electron chi connectivity index (χ2n) is 2.31. The fourth-order valence-corrected chi connectivity index (χ4v) is 2.35. The van der Waals surface area contributed by atoms with Gasteiger partial charge in [0.15, 0.2) is 5.82 Å². The minimum atomic E-state index is 0.467. The molecule has 0 spiro atoms. The molecular formula is C8H4BrClN2S. The summed E-state index contributed by atoms with van der Waals surface area (Å²) < 4.78 is 1.06. The maximum Gasteiger partial charge on any atom is 0.170 e. The Labute approximate surface area is 92.7 Å². The zero-order valence-electron chi connectivity index (χ0n) is 6.37. The normalized spacial score (nSPS) is 10.3. The molecule has 0 atom stereocenters. The largest absolute Gasteiger partial charge is 0.236 e. The van der Waals surface area contributed by atoms with Crippen LogP contribution >= 0.6 is 38.9 Å². The molecule has 0 aliphatic rings. The van der Waals surface area contributed by atoms with Gasteiger partial charge in [-0.15, -0.1) is 11.3 Å². The van der Waals surface area contributed by atoms with Gasteiger partial charge in [0.1, 0.15) is 5.15 Å². The van der Waals surface area contributed by atoms with Crippen LogP contribution in [0, 0.1) is 0 Å². The molecule has 5 heteroatoms. The molecule has 2 rings (SSSR count). The summed E-state index contributed by atoms with van der Waals surface area (Å²) in [5.74, 6) is 0.670. The summed E-state index contributed by atoms with van der Waals surface area (Å²) in [6, 6.07) is 5.58. The van der Waals surface area contributed by atoms with Crippen LogP contribution in [-0.4, -0.2) is 9.97 Å². The third-order valence-electron chi connectivity index (χ3n) is 1.42. The molecule has 2 aromatic rings. The van der Waals surface area contributed by atoms with Gasteiger partial charge in [-0.2, -0.15) is 0 Å². The molecule has 2 heterocycles. The quantitative estimate of drug-likeness (QED) is 0.743. The van der Waals surface area contributed by atoms with Crippen LogP contribution < -0.4 is 0 Å². The Balaban J connectivity index is 2.46. The van der Waals surface area contributed by atoms with Crippen LogP contribution in [0.4, 0.5) is 0 Å². The Bertz CT molecular complexity index is 430. The monoisotopic (exact) mass is 274 g/mol. The van der Waals surface area contributed by atoms with E-state index >= 15 is 0 Å². The standard InChI is InChI=1S/C8H4BrClN2S/c9-6-2-1-5(13-6)8-11-4-3-7(10)12-8/h1-4H. The Morgan fingerprint density at radius 1 is 1.31 bits per heavy atom. The van der Waals surface area contributed by atoms with Crippen molar-refractivity contribution in [1.82, 2.24) is 9.97 Å². The topological polar surface area (TPSA) is 25.8 Å². The number of hydrogen-bond donors (Lipinski definition) is 0. The second kappa shape index (κ2) is 3.74. The van der Waals surface area contributed by atoms with Gasteiger partial charge >= 0.3 is 0 Å². The molecule has 0 aliphatic carbocycles. The number of aromatic nitrogens is 2. The van der Waals surface area contributed by atoms with Gasteiger partial charge in [-0.1, -0.05) is 11.6 Å². The number of hydrogen-bond acceptors (Lipinski definition) is 3. The van der Waals surface area contributed by atoms with Crippen molar-refractivity contribution in [2.24, 2.45) is 0 Å².